The minimum absolute atomic E-state index is 0.0590. The van der Waals surface area contributed by atoms with Crippen LogP contribution >= 0.6 is 0 Å². The van der Waals surface area contributed by atoms with Crippen LogP contribution in [-0.2, 0) is 4.74 Å². The largest absolute Gasteiger partial charge is 0.345 e. The van der Waals surface area contributed by atoms with Crippen molar-refractivity contribution in [3.8, 4) is 0 Å². The Hall–Kier alpha value is -0.150. The molecule has 1 unspecified atom stereocenters. The van der Waals surface area contributed by atoms with Gasteiger partial charge < -0.3 is 4.74 Å². The van der Waals surface area contributed by atoms with Gasteiger partial charge in [-0.2, -0.15) is 0 Å². The Labute approximate surface area is 66.3 Å². The van der Waals surface area contributed by atoms with Gasteiger partial charge in [0.05, 0.1) is 12.6 Å². The van der Waals surface area contributed by atoms with Gasteiger partial charge in [-0.3, -0.25) is 4.90 Å². The second kappa shape index (κ2) is 3.07. The Bertz CT molecular complexity index is 136. The third-order valence-corrected chi connectivity index (χ3v) is 2.44. The molecule has 2 aliphatic rings. The maximum absolute atomic E-state index is 12.7. The van der Waals surface area contributed by atoms with Crippen molar-refractivity contribution >= 4 is 0 Å². The lowest BCUT2D eigenvalue weighted by molar-refractivity contribution is -0.199. The minimum atomic E-state index is -1.02. The molecule has 0 amide bonds. The first-order valence-corrected chi connectivity index (χ1v) is 4.19. The molecule has 2 saturated heterocycles. The summed E-state index contributed by atoms with van der Waals surface area (Å²) in [5.74, 6) is 0. The summed E-state index contributed by atoms with van der Waals surface area (Å²) in [5, 5.41) is 0. The van der Waals surface area contributed by atoms with Crippen molar-refractivity contribution in [3.05, 3.63) is 6.42 Å². The van der Waals surface area contributed by atoms with E-state index in [2.05, 4.69) is 16.1 Å². The third kappa shape index (κ3) is 1.40. The average Bonchev–Trinajstić information content (AvgIpc) is 2.04. The van der Waals surface area contributed by atoms with Crippen LogP contribution < -0.4 is 0 Å². The Balaban J connectivity index is 1.83. The van der Waals surface area contributed by atoms with Crippen LogP contribution in [0.2, 0.25) is 0 Å². The minimum Gasteiger partial charge on any atom is -0.345 e. The number of alkyl halides is 1. The molecular weight excluding hydrogens is 145 g/mol. The number of ether oxygens (including phenoxy) is 1. The lowest BCUT2D eigenvalue weighted by atomic mass is 10.1. The average molecular weight is 158 g/mol. The summed E-state index contributed by atoms with van der Waals surface area (Å²) in [7, 11) is 0. The molecule has 63 valence electrons. The van der Waals surface area contributed by atoms with E-state index in [1.54, 1.807) is 0 Å². The quantitative estimate of drug-likeness (QED) is 0.564. The Morgan fingerprint density at radius 2 is 2.09 bits per heavy atom. The van der Waals surface area contributed by atoms with E-state index >= 15 is 0 Å². The molecule has 0 spiro atoms. The third-order valence-electron chi connectivity index (χ3n) is 2.44. The summed E-state index contributed by atoms with van der Waals surface area (Å²) in [5.41, 5.74) is 0. The normalized spacial score (nSPS) is 40.1. The first-order chi connectivity index (χ1) is 5.38. The topological polar surface area (TPSA) is 12.5 Å². The number of piperidine rings is 1. The molecule has 0 aromatic rings. The van der Waals surface area contributed by atoms with Crippen LogP contribution in [0.25, 0.3) is 0 Å². The van der Waals surface area contributed by atoms with Gasteiger partial charge in [0.2, 0.25) is 6.36 Å². The molecule has 0 aromatic carbocycles. The van der Waals surface area contributed by atoms with Gasteiger partial charge in [-0.25, -0.2) is 4.39 Å². The zero-order valence-corrected chi connectivity index (χ0v) is 6.50. The van der Waals surface area contributed by atoms with Crippen molar-refractivity contribution in [2.75, 3.05) is 19.7 Å². The fraction of sp³-hybridized carbons (Fsp3) is 0.875. The summed E-state index contributed by atoms with van der Waals surface area (Å²) < 4.78 is 17.4. The summed E-state index contributed by atoms with van der Waals surface area (Å²) >= 11 is 0. The van der Waals surface area contributed by atoms with Crippen molar-refractivity contribution < 1.29 is 9.13 Å². The molecule has 0 N–H and O–H groups in total. The molecule has 0 aromatic heterocycles. The number of hydrogen-bond acceptors (Lipinski definition) is 2. The van der Waals surface area contributed by atoms with Crippen molar-refractivity contribution in [1.29, 1.82) is 0 Å². The highest BCUT2D eigenvalue weighted by Crippen LogP contribution is 2.23. The van der Waals surface area contributed by atoms with Gasteiger partial charge in [0.25, 0.3) is 0 Å². The smallest absolute Gasteiger partial charge is 0.216 e. The van der Waals surface area contributed by atoms with E-state index in [4.69, 9.17) is 0 Å². The van der Waals surface area contributed by atoms with Crippen molar-refractivity contribution in [3.63, 3.8) is 0 Å². The van der Waals surface area contributed by atoms with E-state index in [0.717, 1.165) is 25.9 Å². The summed E-state index contributed by atoms with van der Waals surface area (Å²) in [4.78, 5) is 2.19. The van der Waals surface area contributed by atoms with E-state index in [1.807, 2.05) is 0 Å². The summed E-state index contributed by atoms with van der Waals surface area (Å²) in [6, 6.07) is 0.0590. The predicted octanol–water partition coefficient (Wildman–Crippen LogP) is 0.981. The van der Waals surface area contributed by atoms with E-state index in [1.165, 1.54) is 0 Å². The number of hydrogen-bond donors (Lipinski definition) is 0. The molecule has 2 fully saturated rings. The maximum Gasteiger partial charge on any atom is 0.216 e. The molecule has 2 heterocycles. The van der Waals surface area contributed by atoms with E-state index < -0.39 is 6.36 Å². The van der Waals surface area contributed by atoms with E-state index in [-0.39, 0.29) is 6.04 Å². The molecule has 0 aliphatic carbocycles. The van der Waals surface area contributed by atoms with Crippen LogP contribution in [0.4, 0.5) is 4.39 Å². The van der Waals surface area contributed by atoms with Crippen LogP contribution in [0.3, 0.4) is 0 Å². The fourth-order valence-electron chi connectivity index (χ4n) is 1.63. The molecule has 0 bridgehead atoms. The van der Waals surface area contributed by atoms with Crippen LogP contribution in [0.15, 0.2) is 0 Å². The molecular formula is C8H13FNO. The number of nitrogens with zero attached hydrogens (tertiary/aromatic N) is 1. The van der Waals surface area contributed by atoms with Crippen molar-refractivity contribution in [2.24, 2.45) is 0 Å². The molecule has 2 rings (SSSR count). The van der Waals surface area contributed by atoms with E-state index in [0.29, 0.717) is 6.61 Å². The van der Waals surface area contributed by atoms with Gasteiger partial charge in [-0.15, -0.1) is 0 Å². The molecule has 11 heavy (non-hydrogen) atoms. The summed E-state index contributed by atoms with van der Waals surface area (Å²) in [6.07, 6.45) is 3.45. The van der Waals surface area contributed by atoms with Crippen LogP contribution in [0.5, 0.6) is 0 Å². The zero-order valence-electron chi connectivity index (χ0n) is 6.50. The Morgan fingerprint density at radius 3 is 2.55 bits per heavy atom. The second-order valence-corrected chi connectivity index (χ2v) is 3.15. The summed E-state index contributed by atoms with van der Waals surface area (Å²) in [6.45, 7) is 2.60. The van der Waals surface area contributed by atoms with Gasteiger partial charge in [0, 0.05) is 0 Å². The van der Waals surface area contributed by atoms with Crippen LogP contribution in [-0.4, -0.2) is 37.0 Å². The molecule has 3 heteroatoms. The number of rotatable bonds is 1. The van der Waals surface area contributed by atoms with E-state index in [9.17, 15) is 4.39 Å². The zero-order chi connectivity index (χ0) is 7.68. The van der Waals surface area contributed by atoms with Crippen molar-refractivity contribution in [1.82, 2.24) is 4.90 Å². The van der Waals surface area contributed by atoms with Gasteiger partial charge in [0.15, 0.2) is 0 Å². The molecule has 1 radical (unpaired) electrons. The SMILES string of the molecule is F[C@@H]1OCC1N1CC[CH]CC1. The van der Waals surface area contributed by atoms with Gasteiger partial charge in [-0.1, -0.05) is 0 Å². The number of likely N-dealkylation sites (tertiary alicyclic amines) is 1. The van der Waals surface area contributed by atoms with Crippen LogP contribution in [0, 0.1) is 6.42 Å². The maximum atomic E-state index is 12.7. The van der Waals surface area contributed by atoms with Gasteiger partial charge in [-0.05, 0) is 32.4 Å². The lowest BCUT2D eigenvalue weighted by Crippen LogP contribution is -2.55. The fourth-order valence-corrected chi connectivity index (χ4v) is 1.63. The molecule has 2 aliphatic heterocycles. The standard InChI is InChI=1S/C8H13FNO/c9-8-7(6-11-8)10-4-2-1-3-5-10/h1,7-8H,2-6H2/t7?,8-/m1/s1. The molecule has 2 atom stereocenters. The molecule has 2 nitrogen and oxygen atoms in total. The lowest BCUT2D eigenvalue weighted by Gasteiger charge is -2.41. The van der Waals surface area contributed by atoms with Crippen molar-refractivity contribution in [2.45, 2.75) is 25.2 Å². The van der Waals surface area contributed by atoms with Crippen LogP contribution in [0.1, 0.15) is 12.8 Å². The first-order valence-electron chi connectivity index (χ1n) is 4.19. The Kier molecular flexibility index (Phi) is 2.09. The predicted molar refractivity (Wildman–Crippen MR) is 39.7 cm³/mol. The highest BCUT2D eigenvalue weighted by Gasteiger charge is 2.37. The highest BCUT2D eigenvalue weighted by atomic mass is 19.1. The highest BCUT2D eigenvalue weighted by molar-refractivity contribution is 4.86. The second-order valence-electron chi connectivity index (χ2n) is 3.15. The van der Waals surface area contributed by atoms with Gasteiger partial charge in [0.1, 0.15) is 0 Å². The first kappa shape index (κ1) is 7.50. The Morgan fingerprint density at radius 1 is 1.36 bits per heavy atom. The monoisotopic (exact) mass is 158 g/mol. The van der Waals surface area contributed by atoms with Gasteiger partial charge >= 0.3 is 0 Å². The number of halogens is 1. The molecule has 0 saturated carbocycles.